The lowest BCUT2D eigenvalue weighted by Crippen LogP contribution is -2.41. The maximum absolute atomic E-state index is 14.0. The third kappa shape index (κ3) is 25.8. The predicted octanol–water partition coefficient (Wildman–Crippen LogP) is 15.3. The summed E-state index contributed by atoms with van der Waals surface area (Å²) >= 11 is 0. The second-order valence-corrected chi connectivity index (χ2v) is 36.1. The lowest BCUT2D eigenvalue weighted by atomic mass is 10.0. The first-order chi connectivity index (χ1) is 61.2. The highest BCUT2D eigenvalue weighted by Crippen LogP contribution is 2.36. The first-order valence-electron chi connectivity index (χ1n) is 43.5. The number of halogens is 6. The van der Waals surface area contributed by atoms with Crippen LogP contribution >= 0.6 is 40.5 Å². The van der Waals surface area contributed by atoms with Crippen LogP contribution in [0.3, 0.4) is 0 Å². The lowest BCUT2D eigenvalue weighted by molar-refractivity contribution is 0.0271. The number of rotatable bonds is 18. The summed E-state index contributed by atoms with van der Waals surface area (Å²) in [7, 11) is 5.18. The van der Waals surface area contributed by atoms with Gasteiger partial charge in [0.1, 0.15) is 34.3 Å². The summed E-state index contributed by atoms with van der Waals surface area (Å²) in [6.45, 7) is 32.2. The van der Waals surface area contributed by atoms with E-state index in [9.17, 15) is 55.1 Å². The zero-order chi connectivity index (χ0) is 92.7. The van der Waals surface area contributed by atoms with Crippen LogP contribution in [-0.2, 0) is 28.4 Å². The van der Waals surface area contributed by atoms with E-state index in [2.05, 4.69) is 45.6 Å². The van der Waals surface area contributed by atoms with Crippen molar-refractivity contribution in [3.8, 4) is 0 Å². The number of hydrogen-bond donors (Lipinski definition) is 3. The fourth-order valence-corrected chi connectivity index (χ4v) is 16.1. The molecule has 0 aliphatic carbocycles. The lowest BCUT2D eigenvalue weighted by Gasteiger charge is -2.28. The number of nitrogens with zero attached hydrogens (tertiary/aromatic N) is 15. The van der Waals surface area contributed by atoms with Gasteiger partial charge in [-0.2, -0.15) is 40.5 Å². The highest BCUT2D eigenvalue weighted by Gasteiger charge is 2.39. The molecule has 39 heteroatoms. The monoisotopic (exact) mass is 1890 g/mol. The van der Waals surface area contributed by atoms with Crippen molar-refractivity contribution < 1.29 is 83.5 Å². The fourth-order valence-electron chi connectivity index (χ4n) is 16.1. The van der Waals surface area contributed by atoms with Crippen molar-refractivity contribution in [2.75, 3.05) is 170 Å². The van der Waals surface area contributed by atoms with Gasteiger partial charge in [0.2, 0.25) is 0 Å². The van der Waals surface area contributed by atoms with Crippen LogP contribution < -0.4 is 30.7 Å². The Balaban J connectivity index is 0.000000203. The molecule has 3 aromatic heterocycles. The van der Waals surface area contributed by atoms with Gasteiger partial charge in [-0.1, -0.05) is 0 Å². The van der Waals surface area contributed by atoms with Crippen molar-refractivity contribution in [2.24, 2.45) is 0 Å². The normalized spacial score (nSPS) is 17.7. The van der Waals surface area contributed by atoms with Gasteiger partial charge < -0.3 is 88.5 Å². The van der Waals surface area contributed by atoms with Crippen LogP contribution in [0.15, 0.2) is 110 Å². The highest BCUT2D eigenvalue weighted by molar-refractivity contribution is 7.59. The number of carbonyl (C=O) groups excluding carboxylic acids is 6. The summed E-state index contributed by atoms with van der Waals surface area (Å²) < 4.78 is 116. The number of anilines is 6. The van der Waals surface area contributed by atoms with E-state index in [1.165, 1.54) is 18.2 Å². The van der Waals surface area contributed by atoms with Crippen molar-refractivity contribution in [1.29, 1.82) is 0 Å². The number of likely N-dealkylation sites (tertiary alicyclic amines) is 3. The summed E-state index contributed by atoms with van der Waals surface area (Å²) in [6.07, 6.45) is 5.76. The van der Waals surface area contributed by atoms with Crippen LogP contribution in [-0.4, -0.2) is 270 Å². The molecule has 0 bridgehead atoms. The van der Waals surface area contributed by atoms with Crippen LogP contribution in [0.25, 0.3) is 33.1 Å². The maximum atomic E-state index is 14.0. The van der Waals surface area contributed by atoms with Crippen LogP contribution in [0, 0.1) is 34.9 Å². The Morgan fingerprint density at radius 1 is 0.371 bits per heavy atom. The number of ether oxygens (including phenoxy) is 6. The molecule has 30 nitrogen and oxygen atoms in total. The number of likely N-dealkylation sites (N-methyl/N-ethyl adjacent to an activating group) is 3. The van der Waals surface area contributed by atoms with Gasteiger partial charge >= 0.3 is 18.3 Å². The molecule has 9 heterocycles. The molecule has 6 unspecified atom stereocenters. The van der Waals surface area contributed by atoms with E-state index in [1.54, 1.807) is 106 Å². The molecular weight excluding hydrogens is 1770 g/mol. The summed E-state index contributed by atoms with van der Waals surface area (Å²) in [5.41, 5.74) is 6.03. The standard InChI is InChI=1S/3C31H38F2N6O4.3H2S/c3*1-19(35-21-6-7-24(32)25(33)16-21)23-14-20(15-26-28(23)36-27(17-34-26)38-10-12-42-13-11-38)29(40)37(5)22-8-9-39(18-22)30(41)43-31(2,3)4;;;/h3*6-7,14-17,19,22,35H,8-13,18H2,1-5H3;3*1H2. The fraction of sp³-hybridized carbons (Fsp3) is 0.484. The summed E-state index contributed by atoms with van der Waals surface area (Å²) in [6, 6.07) is 19.5. The molecule has 6 aromatic carbocycles. The minimum atomic E-state index is -0.959. The van der Waals surface area contributed by atoms with E-state index < -0.39 is 88.1 Å². The van der Waals surface area contributed by atoms with E-state index in [-0.39, 0.29) is 76.3 Å². The average molecular weight is 1890 g/mol. The smallest absolute Gasteiger partial charge is 0.410 e. The third-order valence-corrected chi connectivity index (χ3v) is 23.1. The average Bonchev–Trinajstić information content (AvgIpc) is 0.921. The number of nitrogens with one attached hydrogen (secondary N) is 3. The first-order valence-corrected chi connectivity index (χ1v) is 43.5. The Kier molecular flexibility index (Phi) is 34.4. The maximum Gasteiger partial charge on any atom is 0.410 e. The van der Waals surface area contributed by atoms with Crippen molar-refractivity contribution in [1.82, 2.24) is 59.3 Å². The molecule has 6 aliphatic heterocycles. The zero-order valence-corrected chi connectivity index (χ0v) is 80.1. The first kappa shape index (κ1) is 103. The largest absolute Gasteiger partial charge is 0.444 e. The van der Waals surface area contributed by atoms with E-state index in [1.807, 2.05) is 83.1 Å². The molecule has 6 atom stereocenters. The number of aromatic nitrogens is 6. The molecule has 0 radical (unpaired) electrons. The number of carbonyl (C=O) groups is 6. The molecule has 0 saturated carbocycles. The van der Waals surface area contributed by atoms with E-state index in [4.69, 9.17) is 43.4 Å². The molecule has 714 valence electrons. The van der Waals surface area contributed by atoms with Gasteiger partial charge in [0.25, 0.3) is 17.7 Å². The SMILES string of the molecule is CC(Nc1ccc(F)c(F)c1)c1cc(C(=O)N(C)C2CCN(C(=O)OC(C)(C)C)C2)cc2ncc(N3CCOCC3)nc12.CC(Nc1ccc(F)c(F)c1)c1cc(C(=O)N(C)C2CCN(C(=O)OC(C)(C)C)C2)cc2ncc(N3CCOCC3)nc12.CC(Nc1ccc(F)c(F)c1)c1cc(C(=O)N(C)C2CCN(C(=O)OC(C)(C)C)C2)cc2ncc(N3CCOCC3)nc12.S.S.S. The number of fused-ring (bicyclic) bond motifs is 3. The topological polar surface area (TPSA) is 300 Å². The third-order valence-electron chi connectivity index (χ3n) is 23.1. The number of amides is 6. The van der Waals surface area contributed by atoms with Crippen molar-refractivity contribution in [3.63, 3.8) is 0 Å². The molecule has 3 N–H and O–H groups in total. The van der Waals surface area contributed by atoms with E-state index in [0.717, 1.165) is 36.4 Å². The van der Waals surface area contributed by atoms with Gasteiger partial charge in [-0.05, 0) is 175 Å². The number of benzene rings is 6. The van der Waals surface area contributed by atoms with Gasteiger partial charge in [0, 0.05) is 168 Å². The second kappa shape index (κ2) is 44.1. The molecule has 6 aliphatic rings. The van der Waals surface area contributed by atoms with Crippen LogP contribution in [0.4, 0.5) is 75.2 Å². The quantitative estimate of drug-likeness (QED) is 0.0531. The Morgan fingerprint density at radius 2 is 0.614 bits per heavy atom. The molecule has 6 fully saturated rings. The second-order valence-electron chi connectivity index (χ2n) is 36.1. The molecular formula is C93H120F6N18O12S3. The van der Waals surface area contributed by atoms with Crippen LogP contribution in [0.5, 0.6) is 0 Å². The Hall–Kier alpha value is -11.1. The van der Waals surface area contributed by atoms with Gasteiger partial charge in [0.15, 0.2) is 34.9 Å². The van der Waals surface area contributed by atoms with Crippen molar-refractivity contribution in [3.05, 3.63) is 178 Å². The van der Waals surface area contributed by atoms with E-state index in [0.29, 0.717) is 238 Å². The van der Waals surface area contributed by atoms with Crippen molar-refractivity contribution >= 4 is 144 Å². The van der Waals surface area contributed by atoms with Crippen LogP contribution in [0.2, 0.25) is 0 Å². The van der Waals surface area contributed by atoms with Crippen LogP contribution in [0.1, 0.15) is 168 Å². The molecule has 6 saturated heterocycles. The molecule has 15 rings (SSSR count). The van der Waals surface area contributed by atoms with Gasteiger partial charge in [0.05, 0.1) is 128 Å². The molecule has 132 heavy (non-hydrogen) atoms. The molecule has 9 aromatic rings. The zero-order valence-electron chi connectivity index (χ0n) is 77.1. The predicted molar refractivity (Wildman–Crippen MR) is 509 cm³/mol. The Bertz CT molecular complexity index is 5080. The van der Waals surface area contributed by atoms with Gasteiger partial charge in [-0.25, -0.2) is 55.7 Å². The number of hydrogen-bond acceptors (Lipinski definition) is 24. The highest BCUT2D eigenvalue weighted by atomic mass is 32.1. The number of morpholine rings is 3. The van der Waals surface area contributed by atoms with E-state index >= 15 is 0 Å². The minimum Gasteiger partial charge on any atom is -0.444 e. The van der Waals surface area contributed by atoms with Gasteiger partial charge in [-0.3, -0.25) is 29.3 Å². The van der Waals surface area contributed by atoms with Crippen molar-refractivity contribution in [2.45, 2.75) is 155 Å². The summed E-state index contributed by atoms with van der Waals surface area (Å²) in [5.74, 6) is -4.26. The minimum absolute atomic E-state index is 0. The van der Waals surface area contributed by atoms with Gasteiger partial charge in [-0.15, -0.1) is 0 Å². The molecule has 6 amide bonds. The Labute approximate surface area is 785 Å². The summed E-state index contributed by atoms with van der Waals surface area (Å²) in [5, 5.41) is 9.64. The molecule has 0 spiro atoms. The Morgan fingerprint density at radius 3 is 0.841 bits per heavy atom. The summed E-state index contributed by atoms with van der Waals surface area (Å²) in [4.78, 5) is 124.